The van der Waals surface area contributed by atoms with Crippen molar-refractivity contribution in [3.8, 4) is 16.3 Å². The molecule has 0 bridgehead atoms. The minimum Gasteiger partial charge on any atom is -0.497 e. The van der Waals surface area contributed by atoms with Gasteiger partial charge >= 0.3 is 0 Å². The quantitative estimate of drug-likeness (QED) is 0.497. The molecule has 0 saturated heterocycles. The number of thiazole rings is 1. The van der Waals surface area contributed by atoms with E-state index in [1.807, 2.05) is 65.8 Å². The van der Waals surface area contributed by atoms with Gasteiger partial charge in [-0.2, -0.15) is 11.3 Å². The molecule has 0 aliphatic rings. The predicted molar refractivity (Wildman–Crippen MR) is 116 cm³/mol. The molecule has 0 saturated carbocycles. The first kappa shape index (κ1) is 19.4. The van der Waals surface area contributed by atoms with E-state index in [4.69, 9.17) is 4.74 Å². The summed E-state index contributed by atoms with van der Waals surface area (Å²) in [6.45, 7) is 1.87. The molecule has 1 N–H and O–H groups in total. The number of nitrogens with zero attached hydrogens (tertiary/aromatic N) is 3. The van der Waals surface area contributed by atoms with Crippen LogP contribution in [0.5, 0.6) is 5.75 Å². The Hall–Kier alpha value is -2.97. The summed E-state index contributed by atoms with van der Waals surface area (Å²) < 4.78 is 7.16. The van der Waals surface area contributed by atoms with E-state index >= 15 is 0 Å². The van der Waals surface area contributed by atoms with E-state index in [2.05, 4.69) is 15.3 Å². The van der Waals surface area contributed by atoms with Gasteiger partial charge in [0.2, 0.25) is 0 Å². The summed E-state index contributed by atoms with van der Waals surface area (Å²) in [4.78, 5) is 22.8. The molecule has 148 valence electrons. The zero-order valence-electron chi connectivity index (χ0n) is 16.2. The van der Waals surface area contributed by atoms with E-state index in [0.717, 1.165) is 33.4 Å². The second-order valence-corrected chi connectivity index (χ2v) is 8.30. The second-order valence-electron chi connectivity index (χ2n) is 6.52. The Morgan fingerprint density at radius 1 is 1.24 bits per heavy atom. The monoisotopic (exact) mass is 424 g/mol. The van der Waals surface area contributed by atoms with Crippen molar-refractivity contribution in [2.45, 2.75) is 13.0 Å². The zero-order chi connectivity index (χ0) is 20.4. The standard InChI is InChI=1S/C21H20N4O2S2/c1-13-18(29-21(23-13)15-8-11-28-12-15)20(26)24-17(19-22-9-10-25(19)2)14-4-6-16(27-3)7-5-14/h4-12,17H,1-3H3,(H,24,26)/t17-/m0/s1. The molecule has 0 fully saturated rings. The van der Waals surface area contributed by atoms with Crippen molar-refractivity contribution in [2.24, 2.45) is 7.05 Å². The molecule has 6 nitrogen and oxygen atoms in total. The Morgan fingerprint density at radius 3 is 2.66 bits per heavy atom. The fourth-order valence-corrected chi connectivity index (χ4v) is 4.74. The molecule has 0 radical (unpaired) electrons. The van der Waals surface area contributed by atoms with E-state index < -0.39 is 0 Å². The third-order valence-electron chi connectivity index (χ3n) is 4.61. The van der Waals surface area contributed by atoms with Gasteiger partial charge in [0, 0.05) is 30.4 Å². The Labute approximate surface area is 176 Å². The lowest BCUT2D eigenvalue weighted by Crippen LogP contribution is -2.31. The minimum absolute atomic E-state index is 0.162. The molecule has 0 unspecified atom stereocenters. The number of imidazole rings is 1. The first-order valence-electron chi connectivity index (χ1n) is 8.99. The highest BCUT2D eigenvalue weighted by molar-refractivity contribution is 7.17. The average Bonchev–Trinajstić information content (AvgIpc) is 3.47. The van der Waals surface area contributed by atoms with Crippen LogP contribution in [0.25, 0.3) is 10.6 Å². The first-order chi connectivity index (χ1) is 14.1. The number of thiophene rings is 1. The summed E-state index contributed by atoms with van der Waals surface area (Å²) in [5, 5.41) is 8.04. The van der Waals surface area contributed by atoms with Gasteiger partial charge in [-0.25, -0.2) is 9.97 Å². The molecule has 3 aromatic heterocycles. The summed E-state index contributed by atoms with van der Waals surface area (Å²) in [7, 11) is 3.54. The smallest absolute Gasteiger partial charge is 0.264 e. The summed E-state index contributed by atoms with van der Waals surface area (Å²) in [5.74, 6) is 1.35. The van der Waals surface area contributed by atoms with Gasteiger partial charge in [-0.15, -0.1) is 11.3 Å². The summed E-state index contributed by atoms with van der Waals surface area (Å²) in [5.41, 5.74) is 2.69. The number of benzene rings is 1. The first-order valence-corrected chi connectivity index (χ1v) is 10.7. The van der Waals surface area contributed by atoms with Crippen LogP contribution in [0.15, 0.2) is 53.5 Å². The fraction of sp³-hybridized carbons (Fsp3) is 0.190. The van der Waals surface area contributed by atoms with Crippen molar-refractivity contribution >= 4 is 28.6 Å². The second kappa shape index (κ2) is 8.18. The number of ether oxygens (including phenoxy) is 1. The maximum atomic E-state index is 13.2. The molecule has 0 aliphatic heterocycles. The van der Waals surface area contributed by atoms with Crippen LogP contribution in [0.3, 0.4) is 0 Å². The molecular weight excluding hydrogens is 404 g/mol. The maximum absolute atomic E-state index is 13.2. The van der Waals surface area contributed by atoms with E-state index in [-0.39, 0.29) is 11.9 Å². The van der Waals surface area contributed by atoms with Crippen molar-refractivity contribution in [3.63, 3.8) is 0 Å². The highest BCUT2D eigenvalue weighted by atomic mass is 32.1. The Bertz CT molecular complexity index is 1110. The van der Waals surface area contributed by atoms with Crippen LogP contribution in [0.4, 0.5) is 0 Å². The van der Waals surface area contributed by atoms with Crippen LogP contribution >= 0.6 is 22.7 Å². The van der Waals surface area contributed by atoms with Gasteiger partial charge in [-0.05, 0) is 36.1 Å². The summed E-state index contributed by atoms with van der Waals surface area (Å²) >= 11 is 3.02. The number of aromatic nitrogens is 3. The molecule has 0 spiro atoms. The van der Waals surface area contributed by atoms with Gasteiger partial charge < -0.3 is 14.6 Å². The van der Waals surface area contributed by atoms with E-state index in [1.165, 1.54) is 11.3 Å². The number of hydrogen-bond acceptors (Lipinski definition) is 6. The number of aryl methyl sites for hydroxylation is 2. The zero-order valence-corrected chi connectivity index (χ0v) is 17.9. The van der Waals surface area contributed by atoms with Crippen LogP contribution in [0.2, 0.25) is 0 Å². The highest BCUT2D eigenvalue weighted by Crippen LogP contribution is 2.30. The summed E-state index contributed by atoms with van der Waals surface area (Å²) in [6.07, 6.45) is 3.59. The molecule has 4 rings (SSSR count). The number of amides is 1. The Kier molecular flexibility index (Phi) is 5.46. The van der Waals surface area contributed by atoms with Gasteiger partial charge in [0.1, 0.15) is 27.5 Å². The SMILES string of the molecule is COc1ccc([C@H](NC(=O)c2sc(-c3ccsc3)nc2C)c2nccn2C)cc1. The molecular formula is C21H20N4O2S2. The van der Waals surface area contributed by atoms with Crippen molar-refractivity contribution < 1.29 is 9.53 Å². The predicted octanol–water partition coefficient (Wildman–Crippen LogP) is 4.44. The molecule has 0 aliphatic carbocycles. The van der Waals surface area contributed by atoms with Crippen LogP contribution < -0.4 is 10.1 Å². The molecule has 8 heteroatoms. The molecule has 4 aromatic rings. The van der Waals surface area contributed by atoms with E-state index in [0.29, 0.717) is 4.88 Å². The summed E-state index contributed by atoms with van der Waals surface area (Å²) in [6, 6.07) is 9.26. The maximum Gasteiger partial charge on any atom is 0.264 e. The fourth-order valence-electron chi connectivity index (χ4n) is 3.06. The average molecular weight is 425 g/mol. The lowest BCUT2D eigenvalue weighted by atomic mass is 10.1. The van der Waals surface area contributed by atoms with Crippen molar-refractivity contribution in [1.82, 2.24) is 19.9 Å². The number of carbonyl (C=O) groups excluding carboxylic acids is 1. The molecule has 1 amide bonds. The Morgan fingerprint density at radius 2 is 2.03 bits per heavy atom. The number of carbonyl (C=O) groups is 1. The largest absolute Gasteiger partial charge is 0.497 e. The Balaban J connectivity index is 1.66. The van der Waals surface area contributed by atoms with Gasteiger partial charge in [0.15, 0.2) is 0 Å². The van der Waals surface area contributed by atoms with Gasteiger partial charge in [-0.1, -0.05) is 12.1 Å². The molecule has 3 heterocycles. The van der Waals surface area contributed by atoms with Crippen molar-refractivity contribution in [3.05, 3.63) is 75.4 Å². The lowest BCUT2D eigenvalue weighted by Gasteiger charge is -2.19. The van der Waals surface area contributed by atoms with Crippen molar-refractivity contribution in [1.29, 1.82) is 0 Å². The normalized spacial score (nSPS) is 12.0. The van der Waals surface area contributed by atoms with Crippen LogP contribution in [-0.2, 0) is 7.05 Å². The number of methoxy groups -OCH3 is 1. The third-order valence-corrected chi connectivity index (χ3v) is 6.50. The van der Waals surface area contributed by atoms with E-state index in [1.54, 1.807) is 24.6 Å². The van der Waals surface area contributed by atoms with Crippen LogP contribution in [0, 0.1) is 6.92 Å². The van der Waals surface area contributed by atoms with Crippen molar-refractivity contribution in [2.75, 3.05) is 7.11 Å². The minimum atomic E-state index is -0.389. The van der Waals surface area contributed by atoms with Crippen LogP contribution in [0.1, 0.15) is 32.8 Å². The number of nitrogens with one attached hydrogen (secondary N) is 1. The van der Waals surface area contributed by atoms with Gasteiger partial charge in [-0.3, -0.25) is 4.79 Å². The number of rotatable bonds is 6. The number of hydrogen-bond donors (Lipinski definition) is 1. The van der Waals surface area contributed by atoms with Crippen LogP contribution in [-0.4, -0.2) is 27.6 Å². The topological polar surface area (TPSA) is 69.0 Å². The molecule has 1 atom stereocenters. The van der Waals surface area contributed by atoms with E-state index in [9.17, 15) is 4.79 Å². The van der Waals surface area contributed by atoms with Gasteiger partial charge in [0.05, 0.1) is 12.8 Å². The highest BCUT2D eigenvalue weighted by Gasteiger charge is 2.24. The molecule has 1 aromatic carbocycles. The van der Waals surface area contributed by atoms with Gasteiger partial charge in [0.25, 0.3) is 5.91 Å². The molecule has 29 heavy (non-hydrogen) atoms. The third kappa shape index (κ3) is 3.94. The lowest BCUT2D eigenvalue weighted by molar-refractivity contribution is 0.0944.